The highest BCUT2D eigenvalue weighted by atomic mass is 35.5. The van der Waals surface area contributed by atoms with Gasteiger partial charge >= 0.3 is 11.9 Å². The van der Waals surface area contributed by atoms with Crippen molar-refractivity contribution in [2.75, 3.05) is 13.7 Å². The van der Waals surface area contributed by atoms with E-state index in [1.807, 2.05) is 11.5 Å². The third-order valence-electron chi connectivity index (χ3n) is 4.59. The van der Waals surface area contributed by atoms with Crippen molar-refractivity contribution in [1.29, 1.82) is 0 Å². The Balaban J connectivity index is 1.78. The van der Waals surface area contributed by atoms with Crippen molar-refractivity contribution in [2.24, 2.45) is 0 Å². The van der Waals surface area contributed by atoms with E-state index in [-0.39, 0.29) is 16.5 Å². The molecule has 8 heteroatoms. The number of methoxy groups -OCH3 is 1. The van der Waals surface area contributed by atoms with Gasteiger partial charge in [0.05, 0.1) is 18.2 Å². The lowest BCUT2D eigenvalue weighted by atomic mass is 10.1. The fourth-order valence-corrected chi connectivity index (χ4v) is 3.33. The molecule has 3 aromatic rings. The van der Waals surface area contributed by atoms with E-state index >= 15 is 0 Å². The molecule has 1 aromatic carbocycles. The Kier molecular flexibility index (Phi) is 6.32. The van der Waals surface area contributed by atoms with Crippen LogP contribution in [0.4, 0.5) is 0 Å². The van der Waals surface area contributed by atoms with Crippen LogP contribution in [0.2, 0.25) is 5.15 Å². The fourth-order valence-electron chi connectivity index (χ4n) is 3.13. The summed E-state index contributed by atoms with van der Waals surface area (Å²) < 4.78 is 11.7. The molecule has 0 spiro atoms. The number of rotatable bonds is 6. The van der Waals surface area contributed by atoms with Gasteiger partial charge in [0.2, 0.25) is 5.78 Å². The number of Topliss-reactive ketones (excluding diaryl/α,β-unsaturated/α-hetero) is 1. The number of carbonyl (C=O) groups excluding carboxylic acids is 3. The van der Waals surface area contributed by atoms with Gasteiger partial charge < -0.3 is 14.0 Å². The molecule has 0 atom stereocenters. The van der Waals surface area contributed by atoms with Crippen LogP contribution < -0.4 is 0 Å². The fraction of sp³-hybridized carbons (Fsp3) is 0.182. The van der Waals surface area contributed by atoms with Crippen LogP contribution in [-0.2, 0) is 9.47 Å². The highest BCUT2D eigenvalue weighted by molar-refractivity contribution is 6.32. The molecule has 0 aliphatic rings. The SMILES string of the molecule is COC(=O)c1ccc(-n2c(C)cc(C(=O)COC(=O)c3cccnc3Cl)c2C)cc1. The molecule has 0 unspecified atom stereocenters. The van der Waals surface area contributed by atoms with Crippen LogP contribution in [0.15, 0.2) is 48.7 Å². The molecule has 0 aliphatic heterocycles. The summed E-state index contributed by atoms with van der Waals surface area (Å²) in [5.74, 6) is -1.48. The molecule has 0 aliphatic carbocycles. The summed E-state index contributed by atoms with van der Waals surface area (Å²) in [4.78, 5) is 40.2. The topological polar surface area (TPSA) is 87.5 Å². The zero-order valence-electron chi connectivity index (χ0n) is 16.6. The van der Waals surface area contributed by atoms with E-state index in [4.69, 9.17) is 21.1 Å². The zero-order chi connectivity index (χ0) is 21.8. The number of pyridine rings is 1. The van der Waals surface area contributed by atoms with Gasteiger partial charge in [-0.15, -0.1) is 0 Å². The van der Waals surface area contributed by atoms with E-state index in [1.54, 1.807) is 43.3 Å². The second kappa shape index (κ2) is 8.92. The number of ether oxygens (including phenoxy) is 2. The molecular weight excluding hydrogens is 408 g/mol. The normalized spacial score (nSPS) is 10.5. The van der Waals surface area contributed by atoms with Crippen LogP contribution in [0.5, 0.6) is 0 Å². The summed E-state index contributed by atoms with van der Waals surface area (Å²) in [5, 5.41) is 0.0172. The third kappa shape index (κ3) is 4.26. The lowest BCUT2D eigenvalue weighted by Crippen LogP contribution is -2.15. The molecule has 0 saturated carbocycles. The number of halogens is 1. The Bertz CT molecular complexity index is 1120. The molecule has 0 saturated heterocycles. The summed E-state index contributed by atoms with van der Waals surface area (Å²) in [6.45, 7) is 3.24. The molecule has 3 rings (SSSR count). The zero-order valence-corrected chi connectivity index (χ0v) is 17.4. The second-order valence-electron chi connectivity index (χ2n) is 6.50. The average molecular weight is 427 g/mol. The van der Waals surface area contributed by atoms with Crippen LogP contribution in [0.1, 0.15) is 42.5 Å². The molecule has 0 N–H and O–H groups in total. The maximum absolute atomic E-state index is 12.7. The van der Waals surface area contributed by atoms with Gasteiger partial charge in [0.1, 0.15) is 5.15 Å². The first-order valence-corrected chi connectivity index (χ1v) is 9.39. The molecule has 2 heterocycles. The molecule has 30 heavy (non-hydrogen) atoms. The van der Waals surface area contributed by atoms with E-state index in [1.165, 1.54) is 19.4 Å². The van der Waals surface area contributed by atoms with E-state index in [0.717, 1.165) is 11.4 Å². The average Bonchev–Trinajstić information content (AvgIpc) is 3.05. The van der Waals surface area contributed by atoms with Crippen LogP contribution in [-0.4, -0.2) is 41.0 Å². The van der Waals surface area contributed by atoms with Gasteiger partial charge in [-0.05, 0) is 56.3 Å². The van der Waals surface area contributed by atoms with Crippen molar-refractivity contribution in [3.8, 4) is 5.69 Å². The van der Waals surface area contributed by atoms with Crippen LogP contribution >= 0.6 is 11.6 Å². The number of benzene rings is 1. The van der Waals surface area contributed by atoms with Crippen LogP contribution in [0.25, 0.3) is 5.69 Å². The Hall–Kier alpha value is -3.45. The largest absolute Gasteiger partial charge is 0.465 e. The summed E-state index contributed by atoms with van der Waals surface area (Å²) >= 11 is 5.88. The molecular formula is C22H19ClN2O5. The highest BCUT2D eigenvalue weighted by Gasteiger charge is 2.20. The van der Waals surface area contributed by atoms with Gasteiger partial charge in [-0.3, -0.25) is 4.79 Å². The maximum atomic E-state index is 12.7. The number of aromatic nitrogens is 2. The Labute approximate surface area is 178 Å². The van der Waals surface area contributed by atoms with Gasteiger partial charge in [-0.1, -0.05) is 11.6 Å². The van der Waals surface area contributed by atoms with Gasteiger partial charge in [-0.2, -0.15) is 0 Å². The lowest BCUT2D eigenvalue weighted by Gasteiger charge is -2.11. The first-order chi connectivity index (χ1) is 14.3. The minimum Gasteiger partial charge on any atom is -0.465 e. The lowest BCUT2D eigenvalue weighted by molar-refractivity contribution is 0.0474. The first kappa shape index (κ1) is 21.3. The van der Waals surface area contributed by atoms with Crippen LogP contribution in [0.3, 0.4) is 0 Å². The summed E-state index contributed by atoms with van der Waals surface area (Å²) in [5.41, 5.74) is 3.27. The van der Waals surface area contributed by atoms with Gasteiger partial charge in [0.15, 0.2) is 6.61 Å². The molecule has 0 fully saturated rings. The predicted octanol–water partition coefficient (Wildman–Crippen LogP) is 3.97. The Morgan fingerprint density at radius 1 is 1.03 bits per heavy atom. The minimum atomic E-state index is -0.714. The first-order valence-electron chi connectivity index (χ1n) is 9.02. The standard InChI is InChI=1S/C22H19ClN2O5/c1-13-11-18(19(26)12-30-22(28)17-5-4-10-24-20(17)23)14(2)25(13)16-8-6-15(7-9-16)21(27)29-3/h4-11H,12H2,1-3H3. The summed E-state index contributed by atoms with van der Waals surface area (Å²) in [7, 11) is 1.32. The van der Waals surface area contributed by atoms with E-state index < -0.39 is 18.5 Å². The quantitative estimate of drug-likeness (QED) is 0.336. The van der Waals surface area contributed by atoms with Gasteiger partial charge in [-0.25, -0.2) is 14.6 Å². The number of hydrogen-bond donors (Lipinski definition) is 0. The molecule has 0 amide bonds. The number of aryl methyl sites for hydroxylation is 1. The maximum Gasteiger partial charge on any atom is 0.341 e. The van der Waals surface area contributed by atoms with E-state index in [9.17, 15) is 14.4 Å². The smallest absolute Gasteiger partial charge is 0.341 e. The molecule has 0 radical (unpaired) electrons. The monoisotopic (exact) mass is 426 g/mol. The van der Waals surface area contributed by atoms with Crippen molar-refractivity contribution in [2.45, 2.75) is 13.8 Å². The van der Waals surface area contributed by atoms with E-state index in [2.05, 4.69) is 4.98 Å². The van der Waals surface area contributed by atoms with Crippen molar-refractivity contribution >= 4 is 29.3 Å². The molecule has 2 aromatic heterocycles. The summed E-state index contributed by atoms with van der Waals surface area (Å²) in [6, 6.07) is 11.6. The molecule has 0 bridgehead atoms. The number of hydrogen-bond acceptors (Lipinski definition) is 6. The van der Waals surface area contributed by atoms with Crippen molar-refractivity contribution in [3.05, 3.63) is 81.9 Å². The number of nitrogens with zero attached hydrogens (tertiary/aromatic N) is 2. The van der Waals surface area contributed by atoms with Crippen molar-refractivity contribution in [1.82, 2.24) is 9.55 Å². The molecule has 7 nitrogen and oxygen atoms in total. The minimum absolute atomic E-state index is 0.0172. The second-order valence-corrected chi connectivity index (χ2v) is 6.86. The Morgan fingerprint density at radius 3 is 2.37 bits per heavy atom. The number of ketones is 1. The van der Waals surface area contributed by atoms with Crippen molar-refractivity contribution < 1.29 is 23.9 Å². The molecule has 154 valence electrons. The highest BCUT2D eigenvalue weighted by Crippen LogP contribution is 2.22. The third-order valence-corrected chi connectivity index (χ3v) is 4.89. The summed E-state index contributed by atoms with van der Waals surface area (Å²) in [6.07, 6.45) is 1.46. The van der Waals surface area contributed by atoms with E-state index in [0.29, 0.717) is 16.8 Å². The number of carbonyl (C=O) groups is 3. The van der Waals surface area contributed by atoms with Gasteiger partial charge in [0, 0.05) is 28.8 Å². The number of esters is 2. The van der Waals surface area contributed by atoms with Gasteiger partial charge in [0.25, 0.3) is 0 Å². The van der Waals surface area contributed by atoms with Crippen LogP contribution in [0, 0.1) is 13.8 Å². The predicted molar refractivity (Wildman–Crippen MR) is 110 cm³/mol. The Morgan fingerprint density at radius 2 is 1.73 bits per heavy atom. The van der Waals surface area contributed by atoms with Crippen molar-refractivity contribution in [3.63, 3.8) is 0 Å².